The maximum atomic E-state index is 13.2. The van der Waals surface area contributed by atoms with Crippen molar-refractivity contribution < 1.29 is 18.7 Å². The van der Waals surface area contributed by atoms with Gasteiger partial charge >= 0.3 is 6.09 Å². The normalized spacial score (nSPS) is 16.3. The van der Waals surface area contributed by atoms with Crippen molar-refractivity contribution in [2.24, 2.45) is 11.8 Å². The van der Waals surface area contributed by atoms with E-state index in [9.17, 15) is 14.0 Å². The Morgan fingerprint density at radius 3 is 2.14 bits per heavy atom. The summed E-state index contributed by atoms with van der Waals surface area (Å²) in [5.41, 5.74) is 0.372. The molecule has 0 unspecified atom stereocenters. The number of hydrogen-bond donors (Lipinski definition) is 1. The molecule has 2 rings (SSSR count). The van der Waals surface area contributed by atoms with E-state index < -0.39 is 5.60 Å². The quantitative estimate of drug-likeness (QED) is 0.776. The van der Waals surface area contributed by atoms with Crippen LogP contribution in [0.4, 0.5) is 9.18 Å². The molecule has 1 aromatic carbocycles. The average molecular weight is 415 g/mol. The molecule has 0 spiro atoms. The van der Waals surface area contributed by atoms with Crippen molar-refractivity contribution in [3.63, 3.8) is 0 Å². The summed E-state index contributed by atoms with van der Waals surface area (Å²) in [6.07, 6.45) is 0.895. The van der Waals surface area contributed by atoms with Gasteiger partial charge in [0, 0.05) is 19.0 Å². The van der Waals surface area contributed by atoms with Crippen molar-refractivity contribution in [2.45, 2.75) is 59.1 Å². The molecule has 0 radical (unpaired) electrons. The summed E-state index contributed by atoms with van der Waals surface area (Å²) in [6, 6.07) is 6.09. The number of carbonyl (C=O) groups is 2. The average Bonchev–Trinajstić information content (AvgIpc) is 2.59. The van der Waals surface area contributed by atoms with E-state index >= 15 is 0 Å². The van der Waals surface area contributed by atoms with Crippen LogP contribution < -0.4 is 5.32 Å². The molecule has 0 bridgehead atoms. The molecule has 7 heteroatoms. The fourth-order valence-corrected chi connectivity index (χ4v) is 3.23. The lowest BCUT2D eigenvalue weighted by Crippen LogP contribution is -2.45. The third-order valence-electron chi connectivity index (χ3n) is 4.71. The van der Waals surface area contributed by atoms with E-state index in [0.29, 0.717) is 25.9 Å². The molecule has 1 N–H and O–H groups in total. The Bertz CT molecular complexity index is 651. The topological polar surface area (TPSA) is 58.6 Å². The summed E-state index contributed by atoms with van der Waals surface area (Å²) in [5.74, 6) is -0.254. The second kappa shape index (κ2) is 10.1. The van der Waals surface area contributed by atoms with Gasteiger partial charge in [0.15, 0.2) is 0 Å². The van der Waals surface area contributed by atoms with Gasteiger partial charge < -0.3 is 15.0 Å². The van der Waals surface area contributed by atoms with Crippen LogP contribution in [0.2, 0.25) is 0 Å². The molecule has 1 aliphatic rings. The zero-order chi connectivity index (χ0) is 20.2. The minimum absolute atomic E-state index is 0. The fraction of sp³-hybridized carbons (Fsp3) is 0.619. The first-order valence-corrected chi connectivity index (χ1v) is 9.60. The van der Waals surface area contributed by atoms with Gasteiger partial charge in [0.2, 0.25) is 5.91 Å². The maximum Gasteiger partial charge on any atom is 0.410 e. The van der Waals surface area contributed by atoms with E-state index in [1.54, 1.807) is 17.0 Å². The standard InChI is InChI=1S/C21H31FN2O3.ClH/c1-14(2)18(15-6-8-17(22)9-7-15)23-19(25)16-10-12-24(13-11-16)20(26)27-21(3,4)5;/h6-9,14,16,18H,10-13H2,1-5H3,(H,23,25);1H/t18-;/m1./s1. The number of piperidine rings is 1. The zero-order valence-corrected chi connectivity index (χ0v) is 18.1. The summed E-state index contributed by atoms with van der Waals surface area (Å²) in [5, 5.41) is 3.11. The van der Waals surface area contributed by atoms with E-state index in [4.69, 9.17) is 4.74 Å². The highest BCUT2D eigenvalue weighted by molar-refractivity contribution is 5.85. The summed E-state index contributed by atoms with van der Waals surface area (Å²) >= 11 is 0. The van der Waals surface area contributed by atoms with E-state index in [0.717, 1.165) is 5.56 Å². The van der Waals surface area contributed by atoms with Crippen LogP contribution in [0.15, 0.2) is 24.3 Å². The molecular formula is C21H32ClFN2O3. The molecule has 1 heterocycles. The minimum atomic E-state index is -0.523. The fourth-order valence-electron chi connectivity index (χ4n) is 3.23. The molecule has 1 saturated heterocycles. The number of likely N-dealkylation sites (tertiary alicyclic amines) is 1. The highest BCUT2D eigenvalue weighted by Gasteiger charge is 2.31. The lowest BCUT2D eigenvalue weighted by atomic mass is 9.92. The van der Waals surface area contributed by atoms with Crippen LogP contribution >= 0.6 is 12.4 Å². The number of ether oxygens (including phenoxy) is 1. The van der Waals surface area contributed by atoms with Crippen LogP contribution in [0, 0.1) is 17.7 Å². The van der Waals surface area contributed by atoms with Gasteiger partial charge in [-0.25, -0.2) is 9.18 Å². The van der Waals surface area contributed by atoms with Gasteiger partial charge in [-0.1, -0.05) is 26.0 Å². The van der Waals surface area contributed by atoms with Gasteiger partial charge in [0.05, 0.1) is 6.04 Å². The largest absolute Gasteiger partial charge is 0.444 e. The van der Waals surface area contributed by atoms with Gasteiger partial charge in [-0.3, -0.25) is 4.79 Å². The van der Waals surface area contributed by atoms with E-state index in [1.807, 2.05) is 34.6 Å². The Morgan fingerprint density at radius 2 is 1.68 bits per heavy atom. The van der Waals surface area contributed by atoms with Crippen molar-refractivity contribution >= 4 is 24.4 Å². The van der Waals surface area contributed by atoms with E-state index in [1.165, 1.54) is 12.1 Å². The first kappa shape index (κ1) is 24.2. The Labute approximate surface area is 173 Å². The number of benzene rings is 1. The van der Waals surface area contributed by atoms with Crippen LogP contribution in [-0.4, -0.2) is 35.6 Å². The second-order valence-electron chi connectivity index (χ2n) is 8.52. The Balaban J connectivity index is 0.00000392. The number of amides is 2. The van der Waals surface area contributed by atoms with Gasteiger partial charge in [-0.2, -0.15) is 0 Å². The second-order valence-corrected chi connectivity index (χ2v) is 8.52. The molecule has 5 nitrogen and oxygen atoms in total. The van der Waals surface area contributed by atoms with Crippen molar-refractivity contribution in [1.82, 2.24) is 10.2 Å². The number of nitrogens with one attached hydrogen (secondary N) is 1. The molecular weight excluding hydrogens is 383 g/mol. The number of rotatable bonds is 4. The molecule has 0 aromatic heterocycles. The minimum Gasteiger partial charge on any atom is -0.444 e. The molecule has 1 atom stereocenters. The number of halogens is 2. The molecule has 1 fully saturated rings. The summed E-state index contributed by atoms with van der Waals surface area (Å²) < 4.78 is 18.6. The Morgan fingerprint density at radius 1 is 1.14 bits per heavy atom. The third kappa shape index (κ3) is 6.97. The maximum absolute atomic E-state index is 13.2. The monoisotopic (exact) mass is 414 g/mol. The van der Waals surface area contributed by atoms with E-state index in [-0.39, 0.29) is 48.1 Å². The van der Waals surface area contributed by atoms with Crippen molar-refractivity contribution in [1.29, 1.82) is 0 Å². The molecule has 28 heavy (non-hydrogen) atoms. The first-order valence-electron chi connectivity index (χ1n) is 9.60. The summed E-state index contributed by atoms with van der Waals surface area (Å²) in [4.78, 5) is 26.5. The number of nitrogens with zero attached hydrogens (tertiary/aromatic N) is 1. The van der Waals surface area contributed by atoms with Crippen molar-refractivity contribution in [2.75, 3.05) is 13.1 Å². The third-order valence-corrected chi connectivity index (χ3v) is 4.71. The SMILES string of the molecule is CC(C)[C@@H](NC(=O)C1CCN(C(=O)OC(C)(C)C)CC1)c1ccc(F)cc1.Cl. The predicted octanol–water partition coefficient (Wildman–Crippen LogP) is 4.71. The summed E-state index contributed by atoms with van der Waals surface area (Å²) in [7, 11) is 0. The molecule has 1 aromatic rings. The number of hydrogen-bond acceptors (Lipinski definition) is 3. The van der Waals surface area contributed by atoms with E-state index in [2.05, 4.69) is 5.32 Å². The Kier molecular flexibility index (Phi) is 8.74. The predicted molar refractivity (Wildman–Crippen MR) is 110 cm³/mol. The highest BCUT2D eigenvalue weighted by Crippen LogP contribution is 2.25. The van der Waals surface area contributed by atoms with Gasteiger partial charge in [0.25, 0.3) is 0 Å². The summed E-state index contributed by atoms with van der Waals surface area (Å²) in [6.45, 7) is 10.6. The molecule has 0 saturated carbocycles. The van der Waals surface area contributed by atoms with Gasteiger partial charge in [-0.15, -0.1) is 12.4 Å². The molecule has 0 aliphatic carbocycles. The Hall–Kier alpha value is -1.82. The van der Waals surface area contributed by atoms with Gasteiger partial charge in [-0.05, 0) is 57.2 Å². The lowest BCUT2D eigenvalue weighted by Gasteiger charge is -2.34. The van der Waals surface area contributed by atoms with Crippen LogP contribution in [0.25, 0.3) is 0 Å². The highest BCUT2D eigenvalue weighted by atomic mass is 35.5. The van der Waals surface area contributed by atoms with Crippen molar-refractivity contribution in [3.05, 3.63) is 35.6 Å². The molecule has 158 valence electrons. The van der Waals surface area contributed by atoms with Crippen LogP contribution in [0.1, 0.15) is 59.1 Å². The zero-order valence-electron chi connectivity index (χ0n) is 17.3. The molecule has 1 aliphatic heterocycles. The molecule has 2 amide bonds. The van der Waals surface area contributed by atoms with Crippen LogP contribution in [0.5, 0.6) is 0 Å². The smallest absolute Gasteiger partial charge is 0.410 e. The number of carbonyl (C=O) groups excluding carboxylic acids is 2. The lowest BCUT2D eigenvalue weighted by molar-refractivity contribution is -0.127. The van der Waals surface area contributed by atoms with Crippen LogP contribution in [-0.2, 0) is 9.53 Å². The van der Waals surface area contributed by atoms with Gasteiger partial charge in [0.1, 0.15) is 11.4 Å². The van der Waals surface area contributed by atoms with Crippen LogP contribution in [0.3, 0.4) is 0 Å². The first-order chi connectivity index (χ1) is 12.6. The van der Waals surface area contributed by atoms with Crippen molar-refractivity contribution in [3.8, 4) is 0 Å².